The molecule has 0 aliphatic heterocycles. The molecule has 0 bridgehead atoms. The molecular weight excluding hydrogens is 887 g/mol. The summed E-state index contributed by atoms with van der Waals surface area (Å²) in [6.45, 7) is 4.87. The Hall–Kier alpha value is -2.44. The van der Waals surface area contributed by atoms with Crippen LogP contribution in [0, 0.1) is 0 Å². The maximum Gasteiger partial charge on any atom is 0.305 e. The van der Waals surface area contributed by atoms with Gasteiger partial charge in [-0.15, -0.1) is 0 Å². The van der Waals surface area contributed by atoms with Crippen LogP contribution in [0.15, 0.2) is 60.8 Å². The summed E-state index contributed by atoms with van der Waals surface area (Å²) in [5.41, 5.74) is 0. The maximum atomic E-state index is 12.5. The summed E-state index contributed by atoms with van der Waals surface area (Å²) in [6, 6.07) is -0.637. The van der Waals surface area contributed by atoms with Crippen LogP contribution >= 0.6 is 0 Å². The number of aliphatic hydroxyl groups excluding tert-OH is 2. The van der Waals surface area contributed by atoms with Crippen LogP contribution in [0.5, 0.6) is 0 Å². The molecule has 0 aromatic carbocycles. The quantitative estimate of drug-likeness (QED) is 0.0320. The van der Waals surface area contributed by atoms with Crippen molar-refractivity contribution in [3.8, 4) is 0 Å². The number of esters is 1. The first-order valence-corrected chi connectivity index (χ1v) is 31.6. The molecule has 0 heterocycles. The topological polar surface area (TPSA) is 95.9 Å². The zero-order valence-electron chi connectivity index (χ0n) is 47.9. The number of rotatable bonds is 58. The first-order valence-electron chi connectivity index (χ1n) is 31.6. The molecule has 0 aliphatic rings. The van der Waals surface area contributed by atoms with E-state index in [1.165, 1.54) is 225 Å². The number of hydrogen-bond donors (Lipinski definition) is 3. The van der Waals surface area contributed by atoms with Gasteiger partial charge in [-0.3, -0.25) is 9.59 Å². The number of amides is 1. The minimum absolute atomic E-state index is 0.00177. The van der Waals surface area contributed by atoms with E-state index in [0.717, 1.165) is 70.6 Å². The van der Waals surface area contributed by atoms with Crippen molar-refractivity contribution in [3.63, 3.8) is 0 Å². The molecule has 420 valence electrons. The Morgan fingerprint density at radius 3 is 1.08 bits per heavy atom. The Morgan fingerprint density at radius 2 is 0.694 bits per heavy atom. The molecule has 3 N–H and O–H groups in total. The van der Waals surface area contributed by atoms with Crippen LogP contribution in [0.3, 0.4) is 0 Å². The van der Waals surface area contributed by atoms with Gasteiger partial charge in [-0.25, -0.2) is 0 Å². The van der Waals surface area contributed by atoms with Crippen LogP contribution < -0.4 is 5.32 Å². The standard InChI is InChI=1S/C66H121NO5/c1-3-5-7-9-11-13-15-17-19-27-32-36-40-44-48-52-56-60-66(71)72-61-57-53-49-45-41-37-33-29-26-24-22-20-21-23-25-28-31-35-39-43-47-51-55-59-65(70)67-63(62-68)64(69)58-54-50-46-42-38-34-30-18-16-14-12-10-8-6-4-2/h11,13,17,19-20,22-23,25,54,58,63-64,68-69H,3-10,12,14-16,18,21,24,26-53,55-57,59-62H2,1-2H3,(H,67,70)/b13-11-,19-17-,22-20-,25-23-,58-54+. The van der Waals surface area contributed by atoms with Crippen molar-refractivity contribution in [3.05, 3.63) is 60.8 Å². The lowest BCUT2D eigenvalue weighted by molar-refractivity contribution is -0.143. The number of aliphatic hydroxyl groups is 2. The SMILES string of the molecule is CCCCC/C=C\C/C=C\CCCCCCCCCC(=O)OCCCCCCCCCCC/C=C\C/C=C\CCCCCCCCCC(=O)NC(CO)C(O)/C=C/CCCCCCCCCCCCCCC. The lowest BCUT2D eigenvalue weighted by atomic mass is 10.0. The van der Waals surface area contributed by atoms with Crippen LogP contribution in [0.4, 0.5) is 0 Å². The van der Waals surface area contributed by atoms with Crippen LogP contribution in [0.25, 0.3) is 0 Å². The zero-order chi connectivity index (χ0) is 52.2. The van der Waals surface area contributed by atoms with E-state index in [1.54, 1.807) is 6.08 Å². The summed E-state index contributed by atoms with van der Waals surface area (Å²) in [5, 5.41) is 23.1. The summed E-state index contributed by atoms with van der Waals surface area (Å²) >= 11 is 0. The zero-order valence-corrected chi connectivity index (χ0v) is 47.9. The minimum Gasteiger partial charge on any atom is -0.466 e. The molecule has 1 amide bonds. The van der Waals surface area contributed by atoms with Gasteiger partial charge in [-0.1, -0.05) is 274 Å². The fourth-order valence-electron chi connectivity index (χ4n) is 9.40. The van der Waals surface area contributed by atoms with Gasteiger partial charge in [-0.2, -0.15) is 0 Å². The minimum atomic E-state index is -0.852. The van der Waals surface area contributed by atoms with Crippen LogP contribution in [-0.2, 0) is 14.3 Å². The van der Waals surface area contributed by atoms with Crippen molar-refractivity contribution in [2.24, 2.45) is 0 Å². The molecule has 2 atom stereocenters. The van der Waals surface area contributed by atoms with E-state index in [9.17, 15) is 19.8 Å². The van der Waals surface area contributed by atoms with Crippen LogP contribution in [0.2, 0.25) is 0 Å². The van der Waals surface area contributed by atoms with Crippen LogP contribution in [-0.4, -0.2) is 47.4 Å². The summed E-state index contributed by atoms with van der Waals surface area (Å²) in [4.78, 5) is 24.5. The lowest BCUT2D eigenvalue weighted by Gasteiger charge is -2.20. The normalized spacial score (nSPS) is 13.0. The molecule has 72 heavy (non-hydrogen) atoms. The number of allylic oxidation sites excluding steroid dienone is 9. The third-order valence-electron chi connectivity index (χ3n) is 14.3. The van der Waals surface area contributed by atoms with Crippen molar-refractivity contribution >= 4 is 11.9 Å². The number of nitrogens with one attached hydrogen (secondary N) is 1. The molecule has 0 saturated carbocycles. The summed E-state index contributed by atoms with van der Waals surface area (Å²) in [5.74, 6) is -0.0802. The maximum absolute atomic E-state index is 12.5. The largest absolute Gasteiger partial charge is 0.466 e. The molecule has 6 heteroatoms. The molecule has 0 spiro atoms. The van der Waals surface area contributed by atoms with E-state index in [-0.39, 0.29) is 18.5 Å². The molecular formula is C66H121NO5. The van der Waals surface area contributed by atoms with E-state index in [0.29, 0.717) is 19.4 Å². The Morgan fingerprint density at radius 1 is 0.389 bits per heavy atom. The van der Waals surface area contributed by atoms with Crippen molar-refractivity contribution in [2.45, 2.75) is 334 Å². The average molecular weight is 1010 g/mol. The van der Waals surface area contributed by atoms with E-state index in [2.05, 4.69) is 67.8 Å². The number of hydrogen-bond acceptors (Lipinski definition) is 5. The number of ether oxygens (including phenoxy) is 1. The molecule has 0 aromatic rings. The molecule has 0 aromatic heterocycles. The highest BCUT2D eigenvalue weighted by Gasteiger charge is 2.18. The van der Waals surface area contributed by atoms with Gasteiger partial charge in [0.25, 0.3) is 0 Å². The number of unbranched alkanes of at least 4 members (excludes halogenated alkanes) is 39. The van der Waals surface area contributed by atoms with Gasteiger partial charge in [0.05, 0.1) is 25.4 Å². The second-order valence-electron chi connectivity index (χ2n) is 21.4. The predicted molar refractivity (Wildman–Crippen MR) is 315 cm³/mol. The summed E-state index contributed by atoms with van der Waals surface area (Å²) in [6.07, 6.45) is 79.7. The van der Waals surface area contributed by atoms with Crippen molar-refractivity contribution < 1.29 is 24.5 Å². The fraction of sp³-hybridized carbons (Fsp3) is 0.818. The highest BCUT2D eigenvalue weighted by atomic mass is 16.5. The Kier molecular flexibility index (Phi) is 59.0. The van der Waals surface area contributed by atoms with E-state index < -0.39 is 12.1 Å². The van der Waals surface area contributed by atoms with Gasteiger partial charge in [0.1, 0.15) is 0 Å². The third kappa shape index (κ3) is 56.8. The van der Waals surface area contributed by atoms with Gasteiger partial charge in [0.15, 0.2) is 0 Å². The summed E-state index contributed by atoms with van der Waals surface area (Å²) in [7, 11) is 0. The molecule has 0 radical (unpaired) electrons. The molecule has 0 rings (SSSR count). The monoisotopic (exact) mass is 1010 g/mol. The van der Waals surface area contributed by atoms with Crippen molar-refractivity contribution in [1.82, 2.24) is 5.32 Å². The Balaban J connectivity index is 3.47. The predicted octanol–water partition coefficient (Wildman–Crippen LogP) is 19.9. The molecule has 0 saturated heterocycles. The van der Waals surface area contributed by atoms with Gasteiger partial charge in [0.2, 0.25) is 5.91 Å². The van der Waals surface area contributed by atoms with Gasteiger partial charge in [0, 0.05) is 12.8 Å². The molecule has 6 nitrogen and oxygen atoms in total. The lowest BCUT2D eigenvalue weighted by Crippen LogP contribution is -2.45. The fourth-order valence-corrected chi connectivity index (χ4v) is 9.40. The van der Waals surface area contributed by atoms with Crippen molar-refractivity contribution in [2.75, 3.05) is 13.2 Å². The van der Waals surface area contributed by atoms with E-state index in [4.69, 9.17) is 4.74 Å². The second kappa shape index (κ2) is 61.1. The third-order valence-corrected chi connectivity index (χ3v) is 14.3. The van der Waals surface area contributed by atoms with Crippen LogP contribution in [0.1, 0.15) is 322 Å². The molecule has 2 unspecified atom stereocenters. The molecule has 0 fully saturated rings. The molecule has 0 aliphatic carbocycles. The first kappa shape index (κ1) is 69.6. The number of carbonyl (C=O) groups is 2. The van der Waals surface area contributed by atoms with Gasteiger partial charge >= 0.3 is 5.97 Å². The Labute approximate surface area is 448 Å². The Bertz CT molecular complexity index is 1250. The average Bonchev–Trinajstić information content (AvgIpc) is 3.38. The first-order chi connectivity index (χ1) is 35.5. The van der Waals surface area contributed by atoms with Gasteiger partial charge in [-0.05, 0) is 96.3 Å². The van der Waals surface area contributed by atoms with E-state index in [1.807, 2.05) is 6.08 Å². The highest BCUT2D eigenvalue weighted by Crippen LogP contribution is 2.16. The number of carbonyl (C=O) groups excluding carboxylic acids is 2. The summed E-state index contributed by atoms with van der Waals surface area (Å²) < 4.78 is 5.48. The second-order valence-corrected chi connectivity index (χ2v) is 21.4. The van der Waals surface area contributed by atoms with Crippen molar-refractivity contribution in [1.29, 1.82) is 0 Å². The highest BCUT2D eigenvalue weighted by molar-refractivity contribution is 5.76. The van der Waals surface area contributed by atoms with Gasteiger partial charge < -0.3 is 20.3 Å². The van der Waals surface area contributed by atoms with E-state index >= 15 is 0 Å². The smallest absolute Gasteiger partial charge is 0.305 e.